The van der Waals surface area contributed by atoms with Crippen molar-refractivity contribution < 1.29 is 19.2 Å². The van der Waals surface area contributed by atoms with E-state index in [9.17, 15) is 19.2 Å². The molecule has 0 bridgehead atoms. The Morgan fingerprint density at radius 3 is 2.61 bits per heavy atom. The monoisotopic (exact) mass is 448 g/mol. The molecule has 4 aliphatic heterocycles. The molecule has 4 amide bonds. The SMILES string of the molecule is O=C1CCC(N2C(=O)c3ccc(CN4CCCn5cc(C6CNC6)nc54)cc3C2=O)C(=O)N1. The smallest absolute Gasteiger partial charge is 0.262 e. The number of hydrogen-bond acceptors (Lipinski definition) is 7. The molecule has 0 radical (unpaired) electrons. The van der Waals surface area contributed by atoms with Crippen LogP contribution in [-0.4, -0.2) is 63.8 Å². The fraction of sp³-hybridized carbons (Fsp3) is 0.435. The highest BCUT2D eigenvalue weighted by molar-refractivity contribution is 6.23. The van der Waals surface area contributed by atoms with E-state index in [4.69, 9.17) is 4.98 Å². The molecule has 1 aromatic heterocycles. The summed E-state index contributed by atoms with van der Waals surface area (Å²) in [6.07, 6.45) is 3.42. The number of piperidine rings is 1. The third-order valence-electron chi connectivity index (χ3n) is 6.96. The van der Waals surface area contributed by atoms with Crippen molar-refractivity contribution in [1.29, 1.82) is 0 Å². The quantitative estimate of drug-likeness (QED) is 0.650. The molecule has 0 saturated carbocycles. The Hall–Kier alpha value is -3.53. The van der Waals surface area contributed by atoms with Crippen LogP contribution in [0.15, 0.2) is 24.4 Å². The van der Waals surface area contributed by atoms with Gasteiger partial charge in [-0.1, -0.05) is 6.07 Å². The van der Waals surface area contributed by atoms with Gasteiger partial charge in [0.1, 0.15) is 6.04 Å². The van der Waals surface area contributed by atoms with E-state index in [-0.39, 0.29) is 18.7 Å². The summed E-state index contributed by atoms with van der Waals surface area (Å²) in [6, 6.07) is 4.32. The second kappa shape index (κ2) is 7.51. The van der Waals surface area contributed by atoms with Crippen molar-refractivity contribution in [1.82, 2.24) is 25.1 Å². The van der Waals surface area contributed by atoms with E-state index in [1.165, 1.54) is 0 Å². The minimum absolute atomic E-state index is 0.107. The number of nitrogens with one attached hydrogen (secondary N) is 2. The number of carbonyl (C=O) groups excluding carboxylic acids is 4. The fourth-order valence-electron chi connectivity index (χ4n) is 5.06. The lowest BCUT2D eigenvalue weighted by molar-refractivity contribution is -0.136. The van der Waals surface area contributed by atoms with E-state index >= 15 is 0 Å². The van der Waals surface area contributed by atoms with Crippen LogP contribution in [0.5, 0.6) is 0 Å². The molecule has 10 nitrogen and oxygen atoms in total. The Morgan fingerprint density at radius 2 is 1.85 bits per heavy atom. The van der Waals surface area contributed by atoms with Crippen LogP contribution in [0.2, 0.25) is 0 Å². The average molecular weight is 448 g/mol. The standard InChI is InChI=1S/C23H24N6O4/c30-19-5-4-18(20(31)26-19)29-21(32)15-3-2-13(8-16(15)22(29)33)11-27-6-1-7-28-12-17(25-23(27)28)14-9-24-10-14/h2-3,8,12,14,18,24H,1,4-7,9-11H2,(H,26,30,31). The number of nitrogens with zero attached hydrogens (tertiary/aromatic N) is 4. The largest absolute Gasteiger partial charge is 0.338 e. The van der Waals surface area contributed by atoms with E-state index in [1.807, 2.05) is 6.07 Å². The first-order chi connectivity index (χ1) is 16.0. The third-order valence-corrected chi connectivity index (χ3v) is 6.96. The summed E-state index contributed by atoms with van der Waals surface area (Å²) < 4.78 is 2.20. The van der Waals surface area contributed by atoms with Gasteiger partial charge in [-0.25, -0.2) is 4.98 Å². The minimum atomic E-state index is -0.951. The number of anilines is 1. The number of benzene rings is 1. The van der Waals surface area contributed by atoms with E-state index < -0.39 is 23.8 Å². The van der Waals surface area contributed by atoms with E-state index in [2.05, 4.69) is 26.3 Å². The molecule has 170 valence electrons. The molecule has 2 N–H and O–H groups in total. The summed E-state index contributed by atoms with van der Waals surface area (Å²) >= 11 is 0. The van der Waals surface area contributed by atoms with Gasteiger partial charge in [0.2, 0.25) is 17.8 Å². The summed E-state index contributed by atoms with van der Waals surface area (Å²) in [6.45, 7) is 4.30. The molecule has 33 heavy (non-hydrogen) atoms. The predicted molar refractivity (Wildman–Crippen MR) is 117 cm³/mol. The highest BCUT2D eigenvalue weighted by atomic mass is 16.2. The van der Waals surface area contributed by atoms with Gasteiger partial charge in [-0.15, -0.1) is 0 Å². The fourth-order valence-corrected chi connectivity index (χ4v) is 5.06. The highest BCUT2D eigenvalue weighted by Crippen LogP contribution is 2.31. The molecule has 1 atom stereocenters. The summed E-state index contributed by atoms with van der Waals surface area (Å²) in [5, 5.41) is 5.51. The molecule has 0 aliphatic carbocycles. The zero-order valence-electron chi connectivity index (χ0n) is 18.0. The Balaban J connectivity index is 1.24. The van der Waals surface area contributed by atoms with E-state index in [0.29, 0.717) is 23.6 Å². The van der Waals surface area contributed by atoms with Gasteiger partial charge in [-0.3, -0.25) is 29.4 Å². The van der Waals surface area contributed by atoms with E-state index in [0.717, 1.165) is 54.7 Å². The highest BCUT2D eigenvalue weighted by Gasteiger charge is 2.44. The lowest BCUT2D eigenvalue weighted by atomic mass is 10.0. The molecule has 2 saturated heterocycles. The number of hydrogen-bond donors (Lipinski definition) is 2. The van der Waals surface area contributed by atoms with Crippen LogP contribution in [0.25, 0.3) is 0 Å². The van der Waals surface area contributed by atoms with Gasteiger partial charge in [0.25, 0.3) is 11.8 Å². The van der Waals surface area contributed by atoms with Crippen LogP contribution in [-0.2, 0) is 22.7 Å². The van der Waals surface area contributed by atoms with Crippen molar-refractivity contribution >= 4 is 29.6 Å². The van der Waals surface area contributed by atoms with Crippen molar-refractivity contribution in [3.05, 3.63) is 46.8 Å². The molecular weight excluding hydrogens is 424 g/mol. The van der Waals surface area contributed by atoms with Gasteiger partial charge in [-0.2, -0.15) is 0 Å². The van der Waals surface area contributed by atoms with Gasteiger partial charge in [0.15, 0.2) is 0 Å². The zero-order valence-corrected chi connectivity index (χ0v) is 18.0. The Bertz CT molecular complexity index is 1200. The maximum atomic E-state index is 13.1. The first-order valence-corrected chi connectivity index (χ1v) is 11.4. The van der Waals surface area contributed by atoms with Gasteiger partial charge in [0.05, 0.1) is 16.8 Å². The van der Waals surface area contributed by atoms with Crippen molar-refractivity contribution in [2.75, 3.05) is 24.5 Å². The van der Waals surface area contributed by atoms with Gasteiger partial charge in [-0.05, 0) is 30.5 Å². The first kappa shape index (κ1) is 20.1. The average Bonchev–Trinajstić information content (AvgIpc) is 3.27. The second-order valence-electron chi connectivity index (χ2n) is 9.12. The number of aryl methyl sites for hydroxylation is 1. The molecular formula is C23H24N6O4. The molecule has 1 unspecified atom stereocenters. The van der Waals surface area contributed by atoms with Crippen molar-refractivity contribution in [2.45, 2.75) is 44.3 Å². The summed E-state index contributed by atoms with van der Waals surface area (Å²) in [5.74, 6) is -0.539. The lowest BCUT2D eigenvalue weighted by Gasteiger charge is -2.29. The number of fused-ring (bicyclic) bond motifs is 2. The second-order valence-corrected chi connectivity index (χ2v) is 9.12. The topological polar surface area (TPSA) is 117 Å². The molecule has 2 aromatic rings. The summed E-state index contributed by atoms with van der Waals surface area (Å²) in [5.41, 5.74) is 2.63. The molecule has 5 heterocycles. The zero-order chi connectivity index (χ0) is 22.7. The number of carbonyl (C=O) groups is 4. The van der Waals surface area contributed by atoms with Crippen molar-refractivity contribution in [3.8, 4) is 0 Å². The van der Waals surface area contributed by atoms with Gasteiger partial charge < -0.3 is 14.8 Å². The summed E-state index contributed by atoms with van der Waals surface area (Å²) in [4.78, 5) is 57.8. The maximum absolute atomic E-state index is 13.1. The van der Waals surface area contributed by atoms with Crippen LogP contribution in [0.1, 0.15) is 57.2 Å². The maximum Gasteiger partial charge on any atom is 0.262 e. The number of imide groups is 2. The van der Waals surface area contributed by atoms with Crippen LogP contribution in [0, 0.1) is 0 Å². The first-order valence-electron chi connectivity index (χ1n) is 11.4. The molecule has 2 fully saturated rings. The normalized spacial score (nSPS) is 22.8. The van der Waals surface area contributed by atoms with Crippen molar-refractivity contribution in [2.24, 2.45) is 0 Å². The van der Waals surface area contributed by atoms with Crippen molar-refractivity contribution in [3.63, 3.8) is 0 Å². The Kier molecular flexibility index (Phi) is 4.58. The Labute approximate surface area is 189 Å². The lowest BCUT2D eigenvalue weighted by Crippen LogP contribution is -2.54. The minimum Gasteiger partial charge on any atom is -0.338 e. The number of rotatable bonds is 4. The summed E-state index contributed by atoms with van der Waals surface area (Å²) in [7, 11) is 0. The third kappa shape index (κ3) is 3.24. The van der Waals surface area contributed by atoms with Crippen LogP contribution in [0.4, 0.5) is 5.95 Å². The number of amides is 4. The molecule has 1 aromatic carbocycles. The predicted octanol–water partition coefficient (Wildman–Crippen LogP) is 0.381. The van der Waals surface area contributed by atoms with E-state index in [1.54, 1.807) is 12.1 Å². The van der Waals surface area contributed by atoms with Gasteiger partial charge >= 0.3 is 0 Å². The molecule has 0 spiro atoms. The number of imidazole rings is 1. The van der Waals surface area contributed by atoms with Gasteiger partial charge in [0, 0.05) is 51.3 Å². The van der Waals surface area contributed by atoms with Crippen LogP contribution < -0.4 is 15.5 Å². The molecule has 4 aliphatic rings. The molecule has 6 rings (SSSR count). The molecule has 10 heteroatoms. The van der Waals surface area contributed by atoms with Crippen LogP contribution >= 0.6 is 0 Å². The Morgan fingerprint density at radius 1 is 1.03 bits per heavy atom. The number of aromatic nitrogens is 2. The van der Waals surface area contributed by atoms with Crippen LogP contribution in [0.3, 0.4) is 0 Å².